The predicted molar refractivity (Wildman–Crippen MR) is 45.7 cm³/mol. The maximum atomic E-state index is 4.13. The average Bonchev–Trinajstić information content (AvgIpc) is 2.14. The smallest absolute Gasteiger partial charge is 0.0414 e. The standard InChI is InChI=1S/C10H19/c1-3-10-6-4-5-9(2)7-8-10/h9-10H,2-8H2,1H3. The van der Waals surface area contributed by atoms with E-state index in [4.69, 9.17) is 0 Å². The van der Waals surface area contributed by atoms with Gasteiger partial charge < -0.3 is 0 Å². The van der Waals surface area contributed by atoms with Crippen molar-refractivity contribution in [3.05, 3.63) is 6.92 Å². The van der Waals surface area contributed by atoms with Gasteiger partial charge in [-0.05, 0) is 11.8 Å². The summed E-state index contributed by atoms with van der Waals surface area (Å²) in [6.45, 7) is 6.44. The van der Waals surface area contributed by atoms with E-state index in [-0.39, 0.29) is 0 Å². The average molecular weight is 139 g/mol. The second-order valence-corrected chi connectivity index (χ2v) is 3.65. The Balaban J connectivity index is 2.26. The topological polar surface area (TPSA) is 0 Å². The lowest BCUT2D eigenvalue weighted by molar-refractivity contribution is 0.440. The van der Waals surface area contributed by atoms with E-state index in [0.717, 1.165) is 11.8 Å². The van der Waals surface area contributed by atoms with Crippen LogP contribution < -0.4 is 0 Å². The highest BCUT2D eigenvalue weighted by molar-refractivity contribution is 4.70. The van der Waals surface area contributed by atoms with E-state index in [0.29, 0.717) is 0 Å². The SMILES string of the molecule is [CH2]C1CCCC(CC)CC1. The Bertz CT molecular complexity index is 86.0. The third kappa shape index (κ3) is 2.32. The van der Waals surface area contributed by atoms with Gasteiger partial charge in [-0.15, -0.1) is 0 Å². The van der Waals surface area contributed by atoms with Crippen LogP contribution in [0.2, 0.25) is 0 Å². The zero-order chi connectivity index (χ0) is 7.40. The first-order valence-corrected chi connectivity index (χ1v) is 4.66. The molecular weight excluding hydrogens is 120 g/mol. The molecule has 0 N–H and O–H groups in total. The minimum atomic E-state index is 0.761. The molecule has 0 saturated heterocycles. The minimum absolute atomic E-state index is 0.761. The molecule has 1 aliphatic carbocycles. The second-order valence-electron chi connectivity index (χ2n) is 3.65. The van der Waals surface area contributed by atoms with Crippen LogP contribution in [0.15, 0.2) is 0 Å². The van der Waals surface area contributed by atoms with Gasteiger partial charge in [0.2, 0.25) is 0 Å². The summed E-state index contributed by atoms with van der Waals surface area (Å²) < 4.78 is 0. The minimum Gasteiger partial charge on any atom is -0.0651 e. The lowest BCUT2D eigenvalue weighted by Crippen LogP contribution is -1.96. The highest BCUT2D eigenvalue weighted by atomic mass is 14.2. The molecule has 2 unspecified atom stereocenters. The molecule has 1 radical (unpaired) electrons. The molecule has 0 amide bonds. The third-order valence-corrected chi connectivity index (χ3v) is 2.79. The molecule has 1 saturated carbocycles. The number of rotatable bonds is 1. The highest BCUT2D eigenvalue weighted by Crippen LogP contribution is 2.28. The molecule has 59 valence electrons. The van der Waals surface area contributed by atoms with Gasteiger partial charge >= 0.3 is 0 Å². The van der Waals surface area contributed by atoms with Crippen LogP contribution in [-0.2, 0) is 0 Å². The monoisotopic (exact) mass is 139 g/mol. The summed E-state index contributed by atoms with van der Waals surface area (Å²) in [6.07, 6.45) is 8.45. The van der Waals surface area contributed by atoms with Crippen LogP contribution in [0.25, 0.3) is 0 Å². The van der Waals surface area contributed by atoms with Crippen LogP contribution in [0.4, 0.5) is 0 Å². The summed E-state index contributed by atoms with van der Waals surface area (Å²) in [5.74, 6) is 1.78. The molecule has 0 nitrogen and oxygen atoms in total. The van der Waals surface area contributed by atoms with Gasteiger partial charge in [0.15, 0.2) is 0 Å². The first kappa shape index (κ1) is 8.10. The van der Waals surface area contributed by atoms with Gasteiger partial charge in [-0.25, -0.2) is 0 Å². The second kappa shape index (κ2) is 4.00. The van der Waals surface area contributed by atoms with Crippen LogP contribution in [0, 0.1) is 18.8 Å². The Morgan fingerprint density at radius 2 is 2.00 bits per heavy atom. The van der Waals surface area contributed by atoms with Crippen LogP contribution in [0.5, 0.6) is 0 Å². The maximum absolute atomic E-state index is 4.13. The molecule has 0 aromatic heterocycles. The molecular formula is C10H19. The van der Waals surface area contributed by atoms with E-state index < -0.39 is 0 Å². The largest absolute Gasteiger partial charge is 0.0651 e. The molecule has 0 aromatic rings. The molecule has 1 aliphatic rings. The molecule has 1 fully saturated rings. The summed E-state index contributed by atoms with van der Waals surface area (Å²) in [5.41, 5.74) is 0. The van der Waals surface area contributed by atoms with Crippen LogP contribution in [0.3, 0.4) is 0 Å². The highest BCUT2D eigenvalue weighted by Gasteiger charge is 2.13. The normalized spacial score (nSPS) is 35.4. The summed E-state index contributed by atoms with van der Waals surface area (Å²) in [4.78, 5) is 0. The Kier molecular flexibility index (Phi) is 3.24. The number of hydrogen-bond acceptors (Lipinski definition) is 0. The quantitative estimate of drug-likeness (QED) is 0.488. The zero-order valence-electron chi connectivity index (χ0n) is 7.10. The lowest BCUT2D eigenvalue weighted by Gasteiger charge is -2.09. The van der Waals surface area contributed by atoms with E-state index in [9.17, 15) is 0 Å². The first-order chi connectivity index (χ1) is 4.83. The summed E-state index contributed by atoms with van der Waals surface area (Å²) in [5, 5.41) is 0. The summed E-state index contributed by atoms with van der Waals surface area (Å²) in [7, 11) is 0. The molecule has 0 aromatic carbocycles. The maximum Gasteiger partial charge on any atom is -0.0414 e. The van der Waals surface area contributed by atoms with Gasteiger partial charge in [0, 0.05) is 0 Å². The summed E-state index contributed by atoms with van der Waals surface area (Å²) in [6, 6.07) is 0. The molecule has 0 spiro atoms. The Morgan fingerprint density at radius 3 is 2.70 bits per heavy atom. The predicted octanol–water partition coefficient (Wildman–Crippen LogP) is 3.43. The van der Waals surface area contributed by atoms with Crippen molar-refractivity contribution in [3.8, 4) is 0 Å². The van der Waals surface area contributed by atoms with Crippen molar-refractivity contribution in [2.24, 2.45) is 11.8 Å². The lowest BCUT2D eigenvalue weighted by atomic mass is 9.97. The van der Waals surface area contributed by atoms with Crippen molar-refractivity contribution in [2.75, 3.05) is 0 Å². The fourth-order valence-electron chi connectivity index (χ4n) is 1.86. The zero-order valence-corrected chi connectivity index (χ0v) is 7.10. The molecule has 0 bridgehead atoms. The molecule has 0 aliphatic heterocycles. The summed E-state index contributed by atoms with van der Waals surface area (Å²) >= 11 is 0. The van der Waals surface area contributed by atoms with Crippen molar-refractivity contribution < 1.29 is 0 Å². The van der Waals surface area contributed by atoms with Crippen molar-refractivity contribution in [2.45, 2.75) is 45.4 Å². The van der Waals surface area contributed by atoms with Crippen molar-refractivity contribution in [1.82, 2.24) is 0 Å². The van der Waals surface area contributed by atoms with E-state index in [1.807, 2.05) is 0 Å². The molecule has 10 heavy (non-hydrogen) atoms. The van der Waals surface area contributed by atoms with Gasteiger partial charge in [-0.3, -0.25) is 0 Å². The van der Waals surface area contributed by atoms with Crippen molar-refractivity contribution in [1.29, 1.82) is 0 Å². The van der Waals surface area contributed by atoms with Crippen molar-refractivity contribution >= 4 is 0 Å². The fraction of sp³-hybridized carbons (Fsp3) is 0.900. The number of hydrogen-bond donors (Lipinski definition) is 0. The van der Waals surface area contributed by atoms with E-state index >= 15 is 0 Å². The van der Waals surface area contributed by atoms with Crippen LogP contribution in [-0.4, -0.2) is 0 Å². The fourth-order valence-corrected chi connectivity index (χ4v) is 1.86. The van der Waals surface area contributed by atoms with Gasteiger partial charge in [-0.2, -0.15) is 0 Å². The van der Waals surface area contributed by atoms with Crippen molar-refractivity contribution in [3.63, 3.8) is 0 Å². The Labute approximate surface area is 65.0 Å². The first-order valence-electron chi connectivity index (χ1n) is 4.66. The van der Waals surface area contributed by atoms with E-state index in [1.54, 1.807) is 0 Å². The molecule has 0 heteroatoms. The molecule has 1 rings (SSSR count). The van der Waals surface area contributed by atoms with Gasteiger partial charge in [-0.1, -0.05) is 52.4 Å². The molecule has 2 atom stereocenters. The van der Waals surface area contributed by atoms with Crippen LogP contribution in [0.1, 0.15) is 45.4 Å². The van der Waals surface area contributed by atoms with Gasteiger partial charge in [0.1, 0.15) is 0 Å². The van der Waals surface area contributed by atoms with E-state index in [2.05, 4.69) is 13.8 Å². The van der Waals surface area contributed by atoms with Gasteiger partial charge in [0.25, 0.3) is 0 Å². The Morgan fingerprint density at radius 1 is 1.20 bits per heavy atom. The van der Waals surface area contributed by atoms with Crippen LogP contribution >= 0.6 is 0 Å². The molecule has 0 heterocycles. The Hall–Kier alpha value is 0. The third-order valence-electron chi connectivity index (χ3n) is 2.79. The van der Waals surface area contributed by atoms with E-state index in [1.165, 1.54) is 38.5 Å². The van der Waals surface area contributed by atoms with Gasteiger partial charge in [0.05, 0.1) is 0 Å².